The summed E-state index contributed by atoms with van der Waals surface area (Å²) in [6.07, 6.45) is -0.255. The number of alkyl halides is 3. The number of carboxylic acids is 1. The van der Waals surface area contributed by atoms with Crippen molar-refractivity contribution < 1.29 is 36.7 Å². The lowest BCUT2D eigenvalue weighted by atomic mass is 9.77. The topological polar surface area (TPSA) is 97.5 Å². The number of aromatic carboxylic acids is 1. The average molecular weight is 650 g/mol. The molecule has 0 saturated heterocycles. The number of hydrogen-bond donors (Lipinski definition) is 2. The minimum Gasteiger partial charge on any atom is -0.478 e. The number of nitrogens with zero attached hydrogens (tertiary/aromatic N) is 2. The van der Waals surface area contributed by atoms with Crippen LogP contribution in [0.1, 0.15) is 73.6 Å². The van der Waals surface area contributed by atoms with Gasteiger partial charge in [-0.05, 0) is 61.8 Å². The maximum atomic E-state index is 14.6. The first kappa shape index (κ1) is 30.8. The SMILES string of the molecule is CCC1CC(NCc2c(-c3ccccc3OC(F)(F)F)noc2C2CC2)CC(C)C1Sc1nc2c(F)cc(C(=O)O)cc2s1. The molecule has 7 nitrogen and oxygen atoms in total. The van der Waals surface area contributed by atoms with Crippen LogP contribution in [0.5, 0.6) is 5.75 Å². The van der Waals surface area contributed by atoms with Crippen LogP contribution in [0, 0.1) is 17.7 Å². The maximum Gasteiger partial charge on any atom is 0.573 e. The highest BCUT2D eigenvalue weighted by Crippen LogP contribution is 2.47. The van der Waals surface area contributed by atoms with Crippen LogP contribution in [0.3, 0.4) is 0 Å². The lowest BCUT2D eigenvalue weighted by Gasteiger charge is -2.40. The van der Waals surface area contributed by atoms with E-state index in [-0.39, 0.29) is 45.5 Å². The van der Waals surface area contributed by atoms with Gasteiger partial charge in [0.2, 0.25) is 0 Å². The fourth-order valence-electron chi connectivity index (χ4n) is 6.17. The first-order valence-corrected chi connectivity index (χ1v) is 16.3. The number of fused-ring (bicyclic) bond motifs is 1. The second kappa shape index (κ2) is 12.3. The lowest BCUT2D eigenvalue weighted by Crippen LogP contribution is -2.42. The fraction of sp³-hybridized carbons (Fsp3) is 0.452. The summed E-state index contributed by atoms with van der Waals surface area (Å²) >= 11 is 2.94. The van der Waals surface area contributed by atoms with E-state index in [4.69, 9.17) is 4.52 Å². The zero-order valence-corrected chi connectivity index (χ0v) is 25.6. The van der Waals surface area contributed by atoms with Crippen molar-refractivity contribution in [2.24, 2.45) is 11.8 Å². The number of hydrogen-bond acceptors (Lipinski definition) is 8. The Hall–Kier alpha value is -3.16. The Morgan fingerprint density at radius 2 is 2.00 bits per heavy atom. The molecule has 2 aromatic heterocycles. The predicted octanol–water partition coefficient (Wildman–Crippen LogP) is 8.64. The number of aromatic nitrogens is 2. The van der Waals surface area contributed by atoms with E-state index in [2.05, 4.69) is 34.0 Å². The van der Waals surface area contributed by atoms with Gasteiger partial charge in [0, 0.05) is 34.9 Å². The molecular formula is C31H31F4N3O4S2. The number of rotatable bonds is 10. The number of benzene rings is 2. The summed E-state index contributed by atoms with van der Waals surface area (Å²) in [5, 5.41) is 17.4. The van der Waals surface area contributed by atoms with E-state index in [0.717, 1.165) is 43.7 Å². The standard InChI is InChI=1S/C31H31F4N3O4S2/c1-3-16-11-19(10-15(2)28(16)44-30-37-26-22(32)12-18(29(39)40)13-24(26)43-30)36-14-21-25(38-42-27(21)17-8-9-17)20-6-4-5-7-23(20)41-31(33,34)35/h4-7,12-13,15-17,19,28,36H,3,8-11,14H2,1-2H3,(H,39,40). The summed E-state index contributed by atoms with van der Waals surface area (Å²) in [4.78, 5) is 15.9. The molecule has 2 fully saturated rings. The minimum absolute atomic E-state index is 0.0984. The summed E-state index contributed by atoms with van der Waals surface area (Å²) in [7, 11) is 0. The van der Waals surface area contributed by atoms with E-state index in [1.807, 2.05) is 0 Å². The second-order valence-corrected chi connectivity index (χ2v) is 14.0. The van der Waals surface area contributed by atoms with E-state index in [1.54, 1.807) is 23.9 Å². The molecule has 6 rings (SSSR count). The van der Waals surface area contributed by atoms with Crippen LogP contribution >= 0.6 is 23.1 Å². The number of carboxylic acid groups (broad SMARTS) is 1. The highest BCUT2D eigenvalue weighted by atomic mass is 32.2. The van der Waals surface area contributed by atoms with Gasteiger partial charge in [-0.1, -0.05) is 49.3 Å². The normalized spacial score (nSPS) is 22.4. The third-order valence-electron chi connectivity index (χ3n) is 8.41. The van der Waals surface area contributed by atoms with Crippen LogP contribution in [-0.2, 0) is 6.54 Å². The summed E-state index contributed by atoms with van der Waals surface area (Å²) in [5.74, 6) is -0.589. The van der Waals surface area contributed by atoms with Gasteiger partial charge >= 0.3 is 12.3 Å². The Bertz CT molecular complexity index is 1670. The number of ether oxygens (including phenoxy) is 1. The Balaban J connectivity index is 1.18. The van der Waals surface area contributed by atoms with Crippen molar-refractivity contribution in [3.8, 4) is 17.0 Å². The predicted molar refractivity (Wildman–Crippen MR) is 160 cm³/mol. The van der Waals surface area contributed by atoms with Crippen LogP contribution in [0.15, 0.2) is 45.3 Å². The highest BCUT2D eigenvalue weighted by molar-refractivity contribution is 8.01. The lowest BCUT2D eigenvalue weighted by molar-refractivity contribution is -0.274. The molecule has 2 aliphatic rings. The molecule has 0 bridgehead atoms. The maximum absolute atomic E-state index is 14.6. The van der Waals surface area contributed by atoms with Crippen molar-refractivity contribution in [3.05, 3.63) is 59.1 Å². The van der Waals surface area contributed by atoms with Gasteiger partial charge in [0.05, 0.1) is 10.3 Å². The van der Waals surface area contributed by atoms with Gasteiger partial charge in [0.15, 0.2) is 10.2 Å². The molecule has 0 aliphatic heterocycles. The van der Waals surface area contributed by atoms with E-state index >= 15 is 0 Å². The molecule has 44 heavy (non-hydrogen) atoms. The molecule has 4 aromatic rings. The van der Waals surface area contributed by atoms with Gasteiger partial charge in [0.25, 0.3) is 0 Å². The monoisotopic (exact) mass is 649 g/mol. The summed E-state index contributed by atoms with van der Waals surface area (Å²) < 4.78 is 65.3. The number of carbonyl (C=O) groups is 1. The van der Waals surface area contributed by atoms with E-state index in [1.165, 1.54) is 29.5 Å². The Morgan fingerprint density at radius 3 is 2.70 bits per heavy atom. The highest BCUT2D eigenvalue weighted by Gasteiger charge is 2.38. The molecule has 2 aliphatic carbocycles. The van der Waals surface area contributed by atoms with Crippen molar-refractivity contribution in [3.63, 3.8) is 0 Å². The molecule has 13 heteroatoms. The second-order valence-electron chi connectivity index (χ2n) is 11.6. The van der Waals surface area contributed by atoms with Crippen LogP contribution in [0.4, 0.5) is 17.6 Å². The number of halogens is 4. The molecule has 2 aromatic carbocycles. The van der Waals surface area contributed by atoms with Crippen LogP contribution in [0.25, 0.3) is 21.5 Å². The summed E-state index contributed by atoms with van der Waals surface area (Å²) in [6, 6.07) is 8.62. The van der Waals surface area contributed by atoms with Crippen molar-refractivity contribution in [1.29, 1.82) is 0 Å². The fourth-order valence-corrected chi connectivity index (χ4v) is 8.94. The van der Waals surface area contributed by atoms with Crippen LogP contribution in [-0.4, -0.2) is 38.9 Å². The smallest absolute Gasteiger partial charge is 0.478 e. The molecule has 234 valence electrons. The first-order chi connectivity index (χ1) is 21.0. The van der Waals surface area contributed by atoms with Crippen molar-refractivity contribution in [2.75, 3.05) is 0 Å². The quantitative estimate of drug-likeness (QED) is 0.165. The summed E-state index contributed by atoms with van der Waals surface area (Å²) in [6.45, 7) is 4.74. The molecule has 0 amide bonds. The minimum atomic E-state index is -4.83. The van der Waals surface area contributed by atoms with Gasteiger partial charge < -0.3 is 19.7 Å². The molecule has 2 heterocycles. The van der Waals surface area contributed by atoms with Crippen LogP contribution < -0.4 is 10.1 Å². The number of thiazole rings is 1. The van der Waals surface area contributed by atoms with Gasteiger partial charge in [-0.2, -0.15) is 0 Å². The van der Waals surface area contributed by atoms with E-state index in [0.29, 0.717) is 33.0 Å². The molecule has 0 radical (unpaired) electrons. The molecule has 2 N–H and O–H groups in total. The molecule has 4 atom stereocenters. The number of thioether (sulfide) groups is 1. The number of nitrogens with one attached hydrogen (secondary N) is 1. The molecule has 4 unspecified atom stereocenters. The van der Waals surface area contributed by atoms with Gasteiger partial charge in [0.1, 0.15) is 22.7 Å². The van der Waals surface area contributed by atoms with Gasteiger partial charge in [-0.3, -0.25) is 0 Å². The Labute approximate surface area is 259 Å². The molecule has 0 spiro atoms. The van der Waals surface area contributed by atoms with Gasteiger partial charge in [-0.15, -0.1) is 24.5 Å². The van der Waals surface area contributed by atoms with Crippen molar-refractivity contribution >= 4 is 39.3 Å². The zero-order valence-electron chi connectivity index (χ0n) is 24.0. The third kappa shape index (κ3) is 6.59. The molecular weight excluding hydrogens is 618 g/mol. The zero-order chi connectivity index (χ0) is 31.2. The summed E-state index contributed by atoms with van der Waals surface area (Å²) in [5.41, 5.74) is 1.45. The first-order valence-electron chi connectivity index (χ1n) is 14.6. The largest absolute Gasteiger partial charge is 0.573 e. The van der Waals surface area contributed by atoms with Crippen LogP contribution in [0.2, 0.25) is 0 Å². The van der Waals surface area contributed by atoms with E-state index < -0.39 is 18.1 Å². The van der Waals surface area contributed by atoms with Crippen molar-refractivity contribution in [1.82, 2.24) is 15.5 Å². The Morgan fingerprint density at radius 1 is 1.23 bits per heavy atom. The average Bonchev–Trinajstić information content (AvgIpc) is 3.59. The van der Waals surface area contributed by atoms with E-state index in [9.17, 15) is 27.5 Å². The number of para-hydroxylation sites is 1. The van der Waals surface area contributed by atoms with Crippen molar-refractivity contribution in [2.45, 2.75) is 80.4 Å². The molecule has 2 saturated carbocycles. The van der Waals surface area contributed by atoms with Gasteiger partial charge in [-0.25, -0.2) is 14.2 Å². The third-order valence-corrected chi connectivity index (χ3v) is 11.2. The Kier molecular flexibility index (Phi) is 8.64.